The molecule has 5 aliphatic rings. The third-order valence-corrected chi connectivity index (χ3v) is 14.4. The van der Waals surface area contributed by atoms with Crippen LogP contribution in [0.4, 0.5) is 0 Å². The van der Waals surface area contributed by atoms with Crippen molar-refractivity contribution in [2.45, 2.75) is 199 Å². The number of carbonyl (C=O) groups is 2. The minimum atomic E-state index is -1.37. The predicted molar refractivity (Wildman–Crippen MR) is 199 cm³/mol. The third kappa shape index (κ3) is 7.94. The lowest BCUT2D eigenvalue weighted by Gasteiger charge is -2.54. The van der Waals surface area contributed by atoms with E-state index in [2.05, 4.69) is 20.8 Å². The highest BCUT2D eigenvalue weighted by Crippen LogP contribution is 2.54. The van der Waals surface area contributed by atoms with Crippen LogP contribution in [0.15, 0.2) is 12.2 Å². The summed E-state index contributed by atoms with van der Waals surface area (Å²) in [6.07, 6.45) is 5.51. The summed E-state index contributed by atoms with van der Waals surface area (Å²) in [5, 5.41) is 44.0. The summed E-state index contributed by atoms with van der Waals surface area (Å²) in [7, 11) is 0. The Morgan fingerprint density at radius 1 is 0.887 bits per heavy atom. The summed E-state index contributed by atoms with van der Waals surface area (Å²) in [6.45, 7) is 19.6. The first kappa shape index (κ1) is 42.7. The molecule has 4 fully saturated rings. The summed E-state index contributed by atoms with van der Waals surface area (Å²) in [4.78, 5) is 26.4. The van der Waals surface area contributed by atoms with E-state index in [0.717, 1.165) is 6.42 Å². The molecule has 5 rings (SSSR count). The summed E-state index contributed by atoms with van der Waals surface area (Å²) in [6, 6.07) is 0. The standard InChI is InChI=1S/C42H70O11/c1-11-29(38(46)47)31-15-14-23(4)36(50-31)27(8)34(44)26(7)35(45)30(12-2)37-24(5)22-25(6)41(51-37)19-16-32(43)42(53-41)21-20-39(10,52-42)33-17-18-40(48,13-3)28(9)49-33/h16,19,23-34,36-37,43-44,48H,11-15,17-18,20-22H2,1-10H3,(H,46,47)/t23-,24-,25+,26-,27-,28-,29+,30-,31+,32+,33+,34+,36+,37-,39-,40+,41+,42+/m0/s1. The number of hydrogen-bond donors (Lipinski definition) is 4. The number of ketones is 1. The summed E-state index contributed by atoms with van der Waals surface area (Å²) in [5.41, 5.74) is -1.63. The molecular formula is C42H70O11. The highest BCUT2D eigenvalue weighted by atomic mass is 16.8. The number of Topliss-reactive ketones (excluding diaryl/α,β-unsaturated/α-hetero) is 1. The Balaban J connectivity index is 1.31. The summed E-state index contributed by atoms with van der Waals surface area (Å²) < 4.78 is 33.5. The summed E-state index contributed by atoms with van der Waals surface area (Å²) in [5.74, 6) is -5.78. The van der Waals surface area contributed by atoms with Crippen molar-refractivity contribution in [2.75, 3.05) is 0 Å². The van der Waals surface area contributed by atoms with Crippen molar-refractivity contribution in [3.05, 3.63) is 12.2 Å². The van der Waals surface area contributed by atoms with Crippen molar-refractivity contribution >= 4 is 11.8 Å². The molecule has 2 spiro atoms. The van der Waals surface area contributed by atoms with Gasteiger partial charge < -0.3 is 44.1 Å². The van der Waals surface area contributed by atoms with Gasteiger partial charge in [-0.1, -0.05) is 55.4 Å². The first-order chi connectivity index (χ1) is 24.8. The van der Waals surface area contributed by atoms with Gasteiger partial charge in [0.2, 0.25) is 5.79 Å². The number of carboxylic acids is 1. The number of hydrogen-bond acceptors (Lipinski definition) is 10. The van der Waals surface area contributed by atoms with E-state index >= 15 is 0 Å². The van der Waals surface area contributed by atoms with Gasteiger partial charge in [-0.15, -0.1) is 0 Å². The molecule has 5 aliphatic heterocycles. The normalized spacial score (nSPS) is 46.2. The van der Waals surface area contributed by atoms with Crippen LogP contribution in [0.25, 0.3) is 0 Å². The van der Waals surface area contributed by atoms with Gasteiger partial charge in [0.05, 0.1) is 53.7 Å². The van der Waals surface area contributed by atoms with Gasteiger partial charge in [0.25, 0.3) is 0 Å². The van der Waals surface area contributed by atoms with Gasteiger partial charge in [-0.3, -0.25) is 9.59 Å². The van der Waals surface area contributed by atoms with Crippen LogP contribution in [0.5, 0.6) is 0 Å². The summed E-state index contributed by atoms with van der Waals surface area (Å²) >= 11 is 0. The molecule has 4 N–H and O–H groups in total. The van der Waals surface area contributed by atoms with Gasteiger partial charge in [-0.05, 0) is 95.6 Å². The maximum Gasteiger partial charge on any atom is 0.309 e. The van der Waals surface area contributed by atoms with Crippen molar-refractivity contribution in [3.63, 3.8) is 0 Å². The zero-order chi connectivity index (χ0) is 39.3. The van der Waals surface area contributed by atoms with Crippen LogP contribution in [0.2, 0.25) is 0 Å². The van der Waals surface area contributed by atoms with E-state index in [1.54, 1.807) is 19.1 Å². The van der Waals surface area contributed by atoms with E-state index in [4.69, 9.17) is 23.7 Å². The second-order valence-electron chi connectivity index (χ2n) is 17.9. The fourth-order valence-corrected chi connectivity index (χ4v) is 10.5. The third-order valence-electron chi connectivity index (χ3n) is 14.4. The van der Waals surface area contributed by atoms with E-state index in [1.165, 1.54) is 0 Å². The van der Waals surface area contributed by atoms with Crippen LogP contribution in [-0.4, -0.2) is 97.7 Å². The van der Waals surface area contributed by atoms with Crippen molar-refractivity contribution in [1.82, 2.24) is 0 Å². The quantitative estimate of drug-likeness (QED) is 0.169. The number of aliphatic hydroxyl groups excluding tert-OH is 2. The van der Waals surface area contributed by atoms with Crippen LogP contribution < -0.4 is 0 Å². The Kier molecular flexibility index (Phi) is 13.0. The largest absolute Gasteiger partial charge is 0.481 e. The number of ether oxygens (including phenoxy) is 5. The number of aliphatic carboxylic acids is 1. The first-order valence-electron chi connectivity index (χ1n) is 20.7. The number of rotatable bonds is 12. The minimum absolute atomic E-state index is 0.0137. The average molecular weight is 751 g/mol. The van der Waals surface area contributed by atoms with E-state index in [1.807, 2.05) is 41.5 Å². The molecule has 304 valence electrons. The van der Waals surface area contributed by atoms with Gasteiger partial charge >= 0.3 is 5.97 Å². The van der Waals surface area contributed by atoms with Crippen LogP contribution in [-0.2, 0) is 33.3 Å². The molecule has 0 aromatic carbocycles. The molecule has 0 aromatic heterocycles. The molecule has 4 saturated heterocycles. The molecule has 5 heterocycles. The zero-order valence-corrected chi connectivity index (χ0v) is 34.0. The van der Waals surface area contributed by atoms with E-state index < -0.39 is 76.8 Å². The molecule has 0 radical (unpaired) electrons. The van der Waals surface area contributed by atoms with Crippen LogP contribution in [0.1, 0.15) is 133 Å². The Morgan fingerprint density at radius 3 is 2.17 bits per heavy atom. The van der Waals surface area contributed by atoms with Crippen molar-refractivity contribution in [1.29, 1.82) is 0 Å². The highest BCUT2D eigenvalue weighted by molar-refractivity contribution is 5.84. The highest BCUT2D eigenvalue weighted by Gasteiger charge is 2.63. The monoisotopic (exact) mass is 750 g/mol. The van der Waals surface area contributed by atoms with E-state index in [9.17, 15) is 30.0 Å². The van der Waals surface area contributed by atoms with Crippen LogP contribution in [0, 0.1) is 41.4 Å². The molecule has 53 heavy (non-hydrogen) atoms. The molecule has 11 heteroatoms. The fourth-order valence-electron chi connectivity index (χ4n) is 10.5. The fraction of sp³-hybridized carbons (Fsp3) is 0.905. The maximum atomic E-state index is 14.4. The van der Waals surface area contributed by atoms with Gasteiger partial charge in [-0.2, -0.15) is 0 Å². The second-order valence-corrected chi connectivity index (χ2v) is 17.9. The van der Waals surface area contributed by atoms with Crippen molar-refractivity contribution < 1.29 is 53.7 Å². The van der Waals surface area contributed by atoms with Crippen LogP contribution in [0.3, 0.4) is 0 Å². The lowest BCUT2D eigenvalue weighted by atomic mass is 9.72. The molecule has 0 aromatic rings. The second kappa shape index (κ2) is 16.2. The molecule has 0 unspecified atom stereocenters. The van der Waals surface area contributed by atoms with E-state index in [0.29, 0.717) is 57.8 Å². The van der Waals surface area contributed by atoms with Crippen molar-refractivity contribution in [3.8, 4) is 0 Å². The molecular weight excluding hydrogens is 680 g/mol. The molecule has 0 aliphatic carbocycles. The Morgan fingerprint density at radius 2 is 1.57 bits per heavy atom. The Hall–Kier alpha value is -1.44. The lowest BCUT2D eigenvalue weighted by Crippen LogP contribution is -2.63. The van der Waals surface area contributed by atoms with Gasteiger partial charge in [0.1, 0.15) is 11.9 Å². The van der Waals surface area contributed by atoms with Crippen LogP contribution >= 0.6 is 0 Å². The Labute approximate surface area is 317 Å². The molecule has 0 saturated carbocycles. The van der Waals surface area contributed by atoms with Crippen molar-refractivity contribution in [2.24, 2.45) is 41.4 Å². The molecule has 0 amide bonds. The van der Waals surface area contributed by atoms with Gasteiger partial charge in [0.15, 0.2) is 5.79 Å². The van der Waals surface area contributed by atoms with Gasteiger partial charge in [-0.25, -0.2) is 0 Å². The van der Waals surface area contributed by atoms with Gasteiger partial charge in [0, 0.05) is 30.1 Å². The number of carboxylic acid groups (broad SMARTS) is 1. The Bertz CT molecular complexity index is 1320. The smallest absolute Gasteiger partial charge is 0.309 e. The maximum absolute atomic E-state index is 14.4. The molecule has 11 nitrogen and oxygen atoms in total. The zero-order valence-electron chi connectivity index (χ0n) is 34.0. The molecule has 0 bridgehead atoms. The number of carbonyl (C=O) groups excluding carboxylic acids is 1. The average Bonchev–Trinajstić information content (AvgIpc) is 3.47. The lowest BCUT2D eigenvalue weighted by molar-refractivity contribution is -0.409. The van der Waals surface area contributed by atoms with E-state index in [-0.39, 0.29) is 41.8 Å². The SMILES string of the molecule is CC[C@@H](C(=O)[C@@H](C)[C@@H](O)[C@H](C)[C@@H]1O[C@@H]([C@@H](CC)C(=O)O)CC[C@@H]1C)[C@H]1O[C@@]2(C=C[C@@H](O)[C@@]3(CC[C@@](C)([C@H]4CC[C@](O)(CC)[C@H](C)O4)O3)O2)[C@H](C)C[C@@H]1C. The number of aliphatic hydroxyl groups is 3. The molecule has 18 atom stereocenters. The minimum Gasteiger partial charge on any atom is -0.481 e. The topological polar surface area (TPSA) is 161 Å². The first-order valence-corrected chi connectivity index (χ1v) is 20.7. The predicted octanol–water partition coefficient (Wildman–Crippen LogP) is 6.19.